The minimum absolute atomic E-state index is 0.0945. The Labute approximate surface area is 143 Å². The van der Waals surface area contributed by atoms with Crippen LogP contribution >= 0.6 is 23.4 Å². The van der Waals surface area contributed by atoms with Crippen molar-refractivity contribution in [1.82, 2.24) is 10.2 Å². The number of carbonyl (C=O) groups is 1. The van der Waals surface area contributed by atoms with Crippen LogP contribution in [-0.4, -0.2) is 43.7 Å². The van der Waals surface area contributed by atoms with Crippen LogP contribution in [0.25, 0.3) is 0 Å². The Balaban J connectivity index is 2.17. The van der Waals surface area contributed by atoms with Crippen LogP contribution in [0.2, 0.25) is 5.02 Å². The Bertz CT molecular complexity index is 460. The molecule has 0 aliphatic rings. The summed E-state index contributed by atoms with van der Waals surface area (Å²) in [5.74, 6) is 1.08. The molecule has 0 heterocycles. The first kappa shape index (κ1) is 19.3. The number of rotatable bonds is 9. The van der Waals surface area contributed by atoms with E-state index in [-0.39, 0.29) is 11.3 Å². The van der Waals surface area contributed by atoms with Crippen molar-refractivity contribution < 1.29 is 4.79 Å². The molecule has 0 aliphatic heterocycles. The second-order valence-electron chi connectivity index (χ2n) is 6.58. The van der Waals surface area contributed by atoms with Crippen molar-refractivity contribution in [2.45, 2.75) is 31.6 Å². The lowest BCUT2D eigenvalue weighted by Crippen LogP contribution is -2.39. The number of hydrogen-bond donors (Lipinski definition) is 1. The maximum absolute atomic E-state index is 11.9. The fourth-order valence-electron chi connectivity index (χ4n) is 2.29. The van der Waals surface area contributed by atoms with Gasteiger partial charge in [-0.25, -0.2) is 0 Å². The molecule has 0 saturated heterocycles. The number of benzene rings is 1. The van der Waals surface area contributed by atoms with Crippen LogP contribution in [0.1, 0.15) is 26.7 Å². The van der Waals surface area contributed by atoms with Gasteiger partial charge in [0.1, 0.15) is 0 Å². The van der Waals surface area contributed by atoms with Gasteiger partial charge in [-0.2, -0.15) is 0 Å². The highest BCUT2D eigenvalue weighted by molar-refractivity contribution is 7.99. The third-order valence-corrected chi connectivity index (χ3v) is 4.49. The minimum Gasteiger partial charge on any atom is -0.356 e. The summed E-state index contributed by atoms with van der Waals surface area (Å²) in [5, 5.41) is 3.80. The lowest BCUT2D eigenvalue weighted by molar-refractivity contribution is -0.121. The molecule has 5 heteroatoms. The first-order valence-corrected chi connectivity index (χ1v) is 8.95. The summed E-state index contributed by atoms with van der Waals surface area (Å²) in [4.78, 5) is 15.2. The number of nitrogens with zero attached hydrogens (tertiary/aromatic N) is 1. The number of halogens is 1. The number of hydrogen-bond acceptors (Lipinski definition) is 3. The first-order valence-electron chi connectivity index (χ1n) is 7.58. The van der Waals surface area contributed by atoms with E-state index in [1.54, 1.807) is 11.8 Å². The fraction of sp³-hybridized carbons (Fsp3) is 0.588. The Morgan fingerprint density at radius 2 is 1.91 bits per heavy atom. The van der Waals surface area contributed by atoms with E-state index in [2.05, 4.69) is 38.2 Å². The Morgan fingerprint density at radius 3 is 2.50 bits per heavy atom. The molecule has 0 aromatic heterocycles. The largest absolute Gasteiger partial charge is 0.356 e. The third kappa shape index (κ3) is 8.66. The summed E-state index contributed by atoms with van der Waals surface area (Å²) in [6.45, 7) is 6.02. The predicted octanol–water partition coefficient (Wildman–Crippen LogP) is 3.92. The van der Waals surface area contributed by atoms with E-state index in [1.807, 2.05) is 24.3 Å². The molecule has 0 radical (unpaired) electrons. The second-order valence-corrected chi connectivity index (χ2v) is 8.19. The van der Waals surface area contributed by atoms with Gasteiger partial charge in [0.05, 0.1) is 0 Å². The van der Waals surface area contributed by atoms with Crippen molar-refractivity contribution in [2.24, 2.45) is 5.41 Å². The SMILES string of the molecule is CN(C)CC(C)(C)CNC(=O)CCCSc1ccc(Cl)cc1. The highest BCUT2D eigenvalue weighted by Crippen LogP contribution is 2.21. The van der Waals surface area contributed by atoms with Crippen molar-refractivity contribution >= 4 is 29.3 Å². The average Bonchev–Trinajstić information content (AvgIpc) is 2.42. The maximum Gasteiger partial charge on any atom is 0.220 e. The number of carbonyl (C=O) groups excluding carboxylic acids is 1. The summed E-state index contributed by atoms with van der Waals surface area (Å²) in [5.41, 5.74) is 0.0945. The molecule has 1 amide bonds. The van der Waals surface area contributed by atoms with Gasteiger partial charge in [-0.3, -0.25) is 4.79 Å². The molecule has 3 nitrogen and oxygen atoms in total. The number of amides is 1. The van der Waals surface area contributed by atoms with Crippen molar-refractivity contribution in [2.75, 3.05) is 32.9 Å². The number of thioether (sulfide) groups is 1. The molecule has 0 spiro atoms. The molecule has 0 aliphatic carbocycles. The molecule has 0 unspecified atom stereocenters. The molecule has 0 saturated carbocycles. The van der Waals surface area contributed by atoms with E-state index in [0.717, 1.165) is 23.7 Å². The van der Waals surface area contributed by atoms with E-state index in [1.165, 1.54) is 4.90 Å². The molecule has 0 fully saturated rings. The van der Waals surface area contributed by atoms with Gasteiger partial charge >= 0.3 is 0 Å². The predicted molar refractivity (Wildman–Crippen MR) is 96.8 cm³/mol. The van der Waals surface area contributed by atoms with Gasteiger partial charge in [0, 0.05) is 29.4 Å². The standard InChI is InChI=1S/C17H27ClN2OS/c1-17(2,13-20(3)4)12-19-16(21)6-5-11-22-15-9-7-14(18)8-10-15/h7-10H,5-6,11-13H2,1-4H3,(H,19,21). The van der Waals surface area contributed by atoms with Crippen LogP contribution < -0.4 is 5.32 Å². The summed E-state index contributed by atoms with van der Waals surface area (Å²) in [6.07, 6.45) is 1.46. The zero-order valence-electron chi connectivity index (χ0n) is 14.0. The molecule has 0 bridgehead atoms. The van der Waals surface area contributed by atoms with Gasteiger partial charge in [-0.05, 0) is 55.9 Å². The highest BCUT2D eigenvalue weighted by Gasteiger charge is 2.19. The molecular formula is C17H27ClN2OS. The zero-order chi connectivity index (χ0) is 16.6. The molecule has 1 N–H and O–H groups in total. The van der Waals surface area contributed by atoms with Crippen molar-refractivity contribution in [1.29, 1.82) is 0 Å². The van der Waals surface area contributed by atoms with Gasteiger partial charge in [0.25, 0.3) is 0 Å². The minimum atomic E-state index is 0.0945. The van der Waals surface area contributed by atoms with E-state index in [4.69, 9.17) is 11.6 Å². The zero-order valence-corrected chi connectivity index (χ0v) is 15.6. The van der Waals surface area contributed by atoms with E-state index < -0.39 is 0 Å². The molecule has 0 atom stereocenters. The van der Waals surface area contributed by atoms with E-state index in [9.17, 15) is 4.79 Å². The van der Waals surface area contributed by atoms with Gasteiger partial charge < -0.3 is 10.2 Å². The highest BCUT2D eigenvalue weighted by atomic mass is 35.5. The van der Waals surface area contributed by atoms with Crippen molar-refractivity contribution in [3.63, 3.8) is 0 Å². The monoisotopic (exact) mass is 342 g/mol. The Morgan fingerprint density at radius 1 is 1.27 bits per heavy atom. The summed E-state index contributed by atoms with van der Waals surface area (Å²) < 4.78 is 0. The van der Waals surface area contributed by atoms with Gasteiger partial charge in [-0.15, -0.1) is 11.8 Å². The van der Waals surface area contributed by atoms with Crippen LogP contribution in [-0.2, 0) is 4.79 Å². The Kier molecular flexibility index (Phi) is 8.29. The van der Waals surface area contributed by atoms with E-state index >= 15 is 0 Å². The maximum atomic E-state index is 11.9. The summed E-state index contributed by atoms with van der Waals surface area (Å²) in [6, 6.07) is 7.81. The second kappa shape index (κ2) is 9.43. The first-order chi connectivity index (χ1) is 10.3. The van der Waals surface area contributed by atoms with Crippen LogP contribution in [0.15, 0.2) is 29.2 Å². The van der Waals surface area contributed by atoms with Crippen LogP contribution in [0.3, 0.4) is 0 Å². The molecule has 124 valence electrons. The number of nitrogens with one attached hydrogen (secondary N) is 1. The molecule has 22 heavy (non-hydrogen) atoms. The molecule has 1 aromatic carbocycles. The van der Waals surface area contributed by atoms with Crippen LogP contribution in [0, 0.1) is 5.41 Å². The van der Waals surface area contributed by atoms with Gasteiger partial charge in [-0.1, -0.05) is 25.4 Å². The van der Waals surface area contributed by atoms with Crippen LogP contribution in [0.5, 0.6) is 0 Å². The molecule has 1 aromatic rings. The van der Waals surface area contributed by atoms with Gasteiger partial charge in [0.15, 0.2) is 0 Å². The Hall–Kier alpha value is -0.710. The quantitative estimate of drug-likeness (QED) is 0.545. The summed E-state index contributed by atoms with van der Waals surface area (Å²) in [7, 11) is 4.11. The normalized spacial score (nSPS) is 11.7. The van der Waals surface area contributed by atoms with Gasteiger partial charge in [0.2, 0.25) is 5.91 Å². The molecule has 1 rings (SSSR count). The van der Waals surface area contributed by atoms with Crippen LogP contribution in [0.4, 0.5) is 0 Å². The van der Waals surface area contributed by atoms with E-state index in [0.29, 0.717) is 13.0 Å². The third-order valence-electron chi connectivity index (χ3n) is 3.14. The fourth-order valence-corrected chi connectivity index (χ4v) is 3.27. The molecular weight excluding hydrogens is 316 g/mol. The van der Waals surface area contributed by atoms with Crippen molar-refractivity contribution in [3.05, 3.63) is 29.3 Å². The smallest absolute Gasteiger partial charge is 0.220 e. The summed E-state index contributed by atoms with van der Waals surface area (Å²) >= 11 is 7.61. The van der Waals surface area contributed by atoms with Crippen molar-refractivity contribution in [3.8, 4) is 0 Å². The lowest BCUT2D eigenvalue weighted by atomic mass is 9.93. The average molecular weight is 343 g/mol. The topological polar surface area (TPSA) is 32.3 Å². The lowest BCUT2D eigenvalue weighted by Gasteiger charge is -2.28.